The van der Waals surface area contributed by atoms with Crippen molar-refractivity contribution in [3.63, 3.8) is 0 Å². The van der Waals surface area contributed by atoms with Gasteiger partial charge in [-0.1, -0.05) is 23.9 Å². The van der Waals surface area contributed by atoms with Crippen LogP contribution in [0.15, 0.2) is 40.6 Å². The van der Waals surface area contributed by atoms with Crippen molar-refractivity contribution in [3.05, 3.63) is 36.2 Å². The summed E-state index contributed by atoms with van der Waals surface area (Å²) in [7, 11) is -3.45. The summed E-state index contributed by atoms with van der Waals surface area (Å²) in [5.74, 6) is 0.627. The summed E-state index contributed by atoms with van der Waals surface area (Å²) >= 11 is 1.48. The van der Waals surface area contributed by atoms with E-state index in [1.165, 1.54) is 22.4 Å². The second-order valence-corrected chi connectivity index (χ2v) is 7.65. The molecule has 1 aromatic carbocycles. The van der Waals surface area contributed by atoms with Gasteiger partial charge in [-0.25, -0.2) is 13.4 Å². The van der Waals surface area contributed by atoms with Gasteiger partial charge < -0.3 is 4.74 Å². The van der Waals surface area contributed by atoms with E-state index in [2.05, 4.69) is 15.2 Å². The Morgan fingerprint density at radius 2 is 2.14 bits per heavy atom. The normalized spacial score (nSPS) is 16.7. The lowest BCUT2D eigenvalue weighted by molar-refractivity contribution is 0.0730. The zero-order valence-electron chi connectivity index (χ0n) is 11.8. The Morgan fingerprint density at radius 3 is 2.86 bits per heavy atom. The Bertz CT molecular complexity index is 713. The van der Waals surface area contributed by atoms with E-state index >= 15 is 0 Å². The predicted octanol–water partition coefficient (Wildman–Crippen LogP) is 1.12. The monoisotopic (exact) mass is 340 g/mol. The van der Waals surface area contributed by atoms with E-state index in [1.54, 1.807) is 18.2 Å². The molecule has 1 fully saturated rings. The molecule has 1 N–H and O–H groups in total. The number of benzene rings is 1. The number of aromatic nitrogens is 3. The minimum Gasteiger partial charge on any atom is -0.379 e. The van der Waals surface area contributed by atoms with Crippen molar-refractivity contribution in [2.24, 2.45) is 0 Å². The number of hydrogen-bond donors (Lipinski definition) is 1. The smallest absolute Gasteiger partial charge is 0.243 e. The predicted molar refractivity (Wildman–Crippen MR) is 82.0 cm³/mol. The van der Waals surface area contributed by atoms with Crippen molar-refractivity contribution in [1.82, 2.24) is 19.5 Å². The summed E-state index contributed by atoms with van der Waals surface area (Å²) in [6.45, 7) is 1.69. The van der Waals surface area contributed by atoms with Gasteiger partial charge in [0.05, 0.1) is 18.1 Å². The number of ether oxygens (including phenoxy) is 1. The standard InChI is InChI=1S/C13H16N4O3S2/c18-22(19,17-4-6-20-7-5-17)12-3-1-2-11(8-12)9-21-13-14-10-15-16-13/h1-3,8,10H,4-7,9H2,(H,14,15,16). The molecule has 0 amide bonds. The average molecular weight is 340 g/mol. The van der Waals surface area contributed by atoms with Gasteiger partial charge >= 0.3 is 0 Å². The maximum Gasteiger partial charge on any atom is 0.243 e. The summed E-state index contributed by atoms with van der Waals surface area (Å²) < 4.78 is 31.9. The molecule has 0 bridgehead atoms. The fourth-order valence-electron chi connectivity index (χ4n) is 2.15. The maximum absolute atomic E-state index is 12.6. The van der Waals surface area contributed by atoms with Crippen molar-refractivity contribution in [2.45, 2.75) is 15.8 Å². The molecule has 7 nitrogen and oxygen atoms in total. The van der Waals surface area contributed by atoms with Gasteiger partial charge in [-0.3, -0.25) is 5.10 Å². The zero-order chi connectivity index (χ0) is 15.4. The van der Waals surface area contributed by atoms with E-state index < -0.39 is 10.0 Å². The highest BCUT2D eigenvalue weighted by atomic mass is 32.2. The van der Waals surface area contributed by atoms with Crippen LogP contribution in [-0.4, -0.2) is 54.2 Å². The van der Waals surface area contributed by atoms with Gasteiger partial charge in [-0.05, 0) is 17.7 Å². The number of sulfonamides is 1. The molecule has 9 heteroatoms. The summed E-state index contributed by atoms with van der Waals surface area (Å²) in [4.78, 5) is 4.36. The van der Waals surface area contributed by atoms with Crippen LogP contribution in [-0.2, 0) is 20.5 Å². The van der Waals surface area contributed by atoms with E-state index in [1.807, 2.05) is 6.07 Å². The number of rotatable bonds is 5. The molecule has 0 radical (unpaired) electrons. The van der Waals surface area contributed by atoms with E-state index in [9.17, 15) is 8.42 Å². The second kappa shape index (κ2) is 6.78. The fourth-order valence-corrected chi connectivity index (χ4v) is 4.35. The molecule has 0 spiro atoms. The number of nitrogens with zero attached hydrogens (tertiary/aromatic N) is 3. The van der Waals surface area contributed by atoms with Gasteiger partial charge in [-0.15, -0.1) is 0 Å². The van der Waals surface area contributed by atoms with E-state index in [0.29, 0.717) is 42.1 Å². The van der Waals surface area contributed by atoms with Gasteiger partial charge in [-0.2, -0.15) is 9.40 Å². The second-order valence-electron chi connectivity index (χ2n) is 4.74. The molecule has 0 aliphatic carbocycles. The molecular weight excluding hydrogens is 324 g/mol. The lowest BCUT2D eigenvalue weighted by Crippen LogP contribution is -2.40. The van der Waals surface area contributed by atoms with Gasteiger partial charge in [0.2, 0.25) is 10.0 Å². The molecule has 2 heterocycles. The van der Waals surface area contributed by atoms with Crippen LogP contribution in [0, 0.1) is 0 Å². The summed E-state index contributed by atoms with van der Waals surface area (Å²) in [5.41, 5.74) is 0.927. The SMILES string of the molecule is O=S(=O)(c1cccc(CSc2ncn[nH]2)c1)N1CCOCC1. The number of thioether (sulfide) groups is 1. The molecule has 2 aromatic rings. The summed E-state index contributed by atoms with van der Waals surface area (Å²) in [5, 5.41) is 7.26. The number of H-pyrrole nitrogens is 1. The number of morpholine rings is 1. The Morgan fingerprint density at radius 1 is 1.32 bits per heavy atom. The van der Waals surface area contributed by atoms with E-state index in [4.69, 9.17) is 4.74 Å². The van der Waals surface area contributed by atoms with Crippen LogP contribution in [0.25, 0.3) is 0 Å². The van der Waals surface area contributed by atoms with Crippen molar-refractivity contribution >= 4 is 21.8 Å². The van der Waals surface area contributed by atoms with Crippen molar-refractivity contribution in [2.75, 3.05) is 26.3 Å². The fraction of sp³-hybridized carbons (Fsp3) is 0.385. The molecule has 3 rings (SSSR count). The molecule has 1 aliphatic heterocycles. The van der Waals surface area contributed by atoms with Crippen LogP contribution in [0.2, 0.25) is 0 Å². The third kappa shape index (κ3) is 3.49. The van der Waals surface area contributed by atoms with Crippen LogP contribution < -0.4 is 0 Å². The highest BCUT2D eigenvalue weighted by Gasteiger charge is 2.26. The molecule has 1 aromatic heterocycles. The molecule has 118 valence electrons. The van der Waals surface area contributed by atoms with Gasteiger partial charge in [0, 0.05) is 18.8 Å². The minimum atomic E-state index is -3.45. The number of aromatic amines is 1. The van der Waals surface area contributed by atoms with Crippen LogP contribution in [0.5, 0.6) is 0 Å². The largest absolute Gasteiger partial charge is 0.379 e. The van der Waals surface area contributed by atoms with Crippen LogP contribution in [0.1, 0.15) is 5.56 Å². The van der Waals surface area contributed by atoms with E-state index in [0.717, 1.165) is 5.56 Å². The van der Waals surface area contributed by atoms with Crippen molar-refractivity contribution in [1.29, 1.82) is 0 Å². The molecule has 0 unspecified atom stereocenters. The first-order valence-electron chi connectivity index (χ1n) is 6.81. The number of nitrogens with one attached hydrogen (secondary N) is 1. The molecular formula is C13H16N4O3S2. The van der Waals surface area contributed by atoms with Gasteiger partial charge in [0.1, 0.15) is 6.33 Å². The Hall–Kier alpha value is -1.42. The molecule has 0 atom stereocenters. The third-order valence-electron chi connectivity index (χ3n) is 3.27. The molecule has 1 saturated heterocycles. The van der Waals surface area contributed by atoms with Crippen molar-refractivity contribution in [3.8, 4) is 0 Å². The zero-order valence-corrected chi connectivity index (χ0v) is 13.4. The Kier molecular flexibility index (Phi) is 4.77. The molecule has 0 saturated carbocycles. The first-order valence-corrected chi connectivity index (χ1v) is 9.24. The first kappa shape index (κ1) is 15.5. The maximum atomic E-state index is 12.6. The Balaban J connectivity index is 1.75. The van der Waals surface area contributed by atoms with E-state index in [-0.39, 0.29) is 0 Å². The van der Waals surface area contributed by atoms with Gasteiger partial charge in [0.15, 0.2) is 5.16 Å². The van der Waals surface area contributed by atoms with Gasteiger partial charge in [0.25, 0.3) is 0 Å². The van der Waals surface area contributed by atoms with Crippen LogP contribution >= 0.6 is 11.8 Å². The number of hydrogen-bond acceptors (Lipinski definition) is 6. The topological polar surface area (TPSA) is 88.2 Å². The first-order chi connectivity index (χ1) is 10.7. The van der Waals surface area contributed by atoms with Crippen molar-refractivity contribution < 1.29 is 13.2 Å². The summed E-state index contributed by atoms with van der Waals surface area (Å²) in [6, 6.07) is 7.02. The third-order valence-corrected chi connectivity index (χ3v) is 6.12. The highest BCUT2D eigenvalue weighted by molar-refractivity contribution is 7.98. The Labute approximate surface area is 133 Å². The molecule has 1 aliphatic rings. The summed E-state index contributed by atoms with van der Waals surface area (Å²) in [6.07, 6.45) is 1.45. The minimum absolute atomic E-state index is 0.324. The van der Waals surface area contributed by atoms with Crippen LogP contribution in [0.3, 0.4) is 0 Å². The highest BCUT2D eigenvalue weighted by Crippen LogP contribution is 2.22. The quantitative estimate of drug-likeness (QED) is 0.821. The van der Waals surface area contributed by atoms with Crippen LogP contribution in [0.4, 0.5) is 0 Å². The lowest BCUT2D eigenvalue weighted by Gasteiger charge is -2.26. The average Bonchev–Trinajstić information content (AvgIpc) is 3.07. The molecule has 22 heavy (non-hydrogen) atoms. The lowest BCUT2D eigenvalue weighted by atomic mass is 10.2.